The first-order valence-electron chi connectivity index (χ1n) is 10.8. The van der Waals surface area contributed by atoms with E-state index in [1.807, 2.05) is 25.1 Å². The average Bonchev–Trinajstić information content (AvgIpc) is 2.96. The third-order valence-corrected chi connectivity index (χ3v) is 5.33. The predicted molar refractivity (Wildman–Crippen MR) is 117 cm³/mol. The van der Waals surface area contributed by atoms with Gasteiger partial charge < -0.3 is 24.3 Å². The maximum atomic E-state index is 12.1. The molecule has 4 rings (SSSR count). The van der Waals surface area contributed by atoms with Crippen molar-refractivity contribution < 1.29 is 14.3 Å². The van der Waals surface area contributed by atoms with Crippen LogP contribution in [0.15, 0.2) is 42.7 Å². The average molecular weight is 425 g/mol. The minimum Gasteiger partial charge on any atom is -0.462 e. The number of hydrogen-bond acceptors (Lipinski definition) is 7. The number of hydrogen-bond donors (Lipinski definition) is 1. The number of amides is 1. The summed E-state index contributed by atoms with van der Waals surface area (Å²) in [5, 5.41) is 3.61. The number of aromatic nitrogens is 4. The Hall–Kier alpha value is -3.36. The summed E-state index contributed by atoms with van der Waals surface area (Å²) in [6.45, 7) is 4.67. The molecule has 3 heterocycles. The van der Waals surface area contributed by atoms with Crippen LogP contribution in [0.4, 0.5) is 10.7 Å². The molecule has 1 aliphatic heterocycles. The lowest BCUT2D eigenvalue weighted by Gasteiger charge is -2.20. The van der Waals surface area contributed by atoms with Gasteiger partial charge in [-0.3, -0.25) is 0 Å². The second-order valence-electron chi connectivity index (χ2n) is 7.41. The lowest BCUT2D eigenvalue weighted by atomic mass is 10.1. The van der Waals surface area contributed by atoms with Crippen molar-refractivity contribution in [3.05, 3.63) is 42.7 Å². The molecule has 31 heavy (non-hydrogen) atoms. The van der Waals surface area contributed by atoms with Gasteiger partial charge in [0.2, 0.25) is 5.95 Å². The van der Waals surface area contributed by atoms with E-state index in [-0.39, 0.29) is 12.1 Å². The fraction of sp³-hybridized carbons (Fsp3) is 0.455. The van der Waals surface area contributed by atoms with Crippen molar-refractivity contribution in [3.8, 4) is 6.01 Å². The molecule has 0 saturated carbocycles. The molecule has 1 atom stereocenters. The smallest absolute Gasteiger partial charge is 0.409 e. The predicted octanol–water partition coefficient (Wildman–Crippen LogP) is 3.33. The minimum atomic E-state index is -0.226. The third-order valence-electron chi connectivity index (χ3n) is 5.33. The summed E-state index contributed by atoms with van der Waals surface area (Å²) in [6.07, 6.45) is 5.83. The van der Waals surface area contributed by atoms with Crippen molar-refractivity contribution >= 4 is 23.1 Å². The van der Waals surface area contributed by atoms with Crippen molar-refractivity contribution in [2.75, 3.05) is 31.6 Å². The summed E-state index contributed by atoms with van der Waals surface area (Å²) in [4.78, 5) is 26.9. The highest BCUT2D eigenvalue weighted by atomic mass is 16.6. The lowest BCUT2D eigenvalue weighted by Crippen LogP contribution is -2.33. The Bertz CT molecular complexity index is 993. The number of carbonyl (C=O) groups excluding carboxylic acids is 1. The third kappa shape index (κ3) is 5.22. The van der Waals surface area contributed by atoms with Gasteiger partial charge in [-0.2, -0.15) is 0 Å². The maximum absolute atomic E-state index is 12.1. The molecule has 1 amide bonds. The molecular formula is C22H28N6O3. The molecule has 9 heteroatoms. The number of carbonyl (C=O) groups is 1. The van der Waals surface area contributed by atoms with Gasteiger partial charge in [0, 0.05) is 31.5 Å². The van der Waals surface area contributed by atoms with Crippen molar-refractivity contribution in [3.63, 3.8) is 0 Å². The maximum Gasteiger partial charge on any atom is 0.409 e. The van der Waals surface area contributed by atoms with Gasteiger partial charge in [-0.15, -0.1) is 0 Å². The number of nitrogens with zero attached hydrogens (tertiary/aromatic N) is 5. The zero-order valence-corrected chi connectivity index (χ0v) is 17.7. The Morgan fingerprint density at radius 3 is 2.84 bits per heavy atom. The van der Waals surface area contributed by atoms with Crippen LogP contribution in [-0.2, 0) is 11.3 Å². The van der Waals surface area contributed by atoms with Gasteiger partial charge in [0.25, 0.3) is 0 Å². The number of fused-ring (bicyclic) bond motifs is 1. The topological polar surface area (TPSA) is 94.4 Å². The Kier molecular flexibility index (Phi) is 6.81. The van der Waals surface area contributed by atoms with Crippen LogP contribution in [-0.4, -0.2) is 62.9 Å². The van der Waals surface area contributed by atoms with Gasteiger partial charge in [-0.1, -0.05) is 12.1 Å². The second kappa shape index (κ2) is 10.1. The van der Waals surface area contributed by atoms with E-state index in [2.05, 4.69) is 25.9 Å². The standard InChI is InChI=1S/C22H28N6O3/c1-2-30-22(29)27-13-5-7-17(10-14-27)25-20-26-18-8-3-4-9-19(18)28(20)15-16-31-21-23-11-6-12-24-21/h3-4,6,8-9,11-12,17H,2,5,7,10,13-16H2,1H3,(H,25,26). The first-order chi connectivity index (χ1) is 15.2. The van der Waals surface area contributed by atoms with E-state index in [0.717, 1.165) is 42.8 Å². The van der Waals surface area contributed by atoms with Crippen LogP contribution < -0.4 is 10.1 Å². The van der Waals surface area contributed by atoms with Gasteiger partial charge in [0.15, 0.2) is 0 Å². The van der Waals surface area contributed by atoms with Gasteiger partial charge in [0.05, 0.1) is 24.2 Å². The van der Waals surface area contributed by atoms with E-state index in [9.17, 15) is 4.79 Å². The van der Waals surface area contributed by atoms with Gasteiger partial charge in [-0.25, -0.2) is 19.7 Å². The zero-order chi connectivity index (χ0) is 21.5. The summed E-state index contributed by atoms with van der Waals surface area (Å²) in [5.41, 5.74) is 1.98. The van der Waals surface area contributed by atoms with Crippen molar-refractivity contribution in [1.29, 1.82) is 0 Å². The zero-order valence-electron chi connectivity index (χ0n) is 17.7. The number of imidazole rings is 1. The lowest BCUT2D eigenvalue weighted by molar-refractivity contribution is 0.108. The van der Waals surface area contributed by atoms with Crippen LogP contribution in [0.5, 0.6) is 6.01 Å². The van der Waals surface area contributed by atoms with Crippen LogP contribution >= 0.6 is 0 Å². The molecule has 2 aromatic heterocycles. The van der Waals surface area contributed by atoms with E-state index in [1.165, 1.54) is 0 Å². The first-order valence-corrected chi connectivity index (χ1v) is 10.8. The van der Waals surface area contributed by atoms with Crippen molar-refractivity contribution in [2.45, 2.75) is 38.8 Å². The van der Waals surface area contributed by atoms with E-state index in [1.54, 1.807) is 23.4 Å². The summed E-state index contributed by atoms with van der Waals surface area (Å²) in [6, 6.07) is 10.4. The number of likely N-dealkylation sites (tertiary alicyclic amines) is 1. The number of ether oxygens (including phenoxy) is 2. The normalized spacial score (nSPS) is 16.7. The Balaban J connectivity index is 1.44. The summed E-state index contributed by atoms with van der Waals surface area (Å²) in [7, 11) is 0. The van der Waals surface area contributed by atoms with Crippen LogP contribution in [0.1, 0.15) is 26.2 Å². The molecule has 1 fully saturated rings. The van der Waals surface area contributed by atoms with Crippen molar-refractivity contribution in [2.24, 2.45) is 0 Å². The largest absolute Gasteiger partial charge is 0.462 e. The molecule has 0 aliphatic carbocycles. The SMILES string of the molecule is CCOC(=O)N1CCCC(Nc2nc3ccccc3n2CCOc2ncccn2)CC1. The van der Waals surface area contributed by atoms with Crippen LogP contribution in [0.25, 0.3) is 11.0 Å². The molecule has 164 valence electrons. The number of rotatable bonds is 7. The Morgan fingerprint density at radius 2 is 2.00 bits per heavy atom. The molecule has 0 bridgehead atoms. The molecule has 3 aromatic rings. The number of nitrogens with one attached hydrogen (secondary N) is 1. The molecule has 1 aromatic carbocycles. The molecule has 1 aliphatic rings. The van der Waals surface area contributed by atoms with Gasteiger partial charge in [-0.05, 0) is 44.4 Å². The van der Waals surface area contributed by atoms with E-state index < -0.39 is 0 Å². The summed E-state index contributed by atoms with van der Waals surface area (Å²) < 4.78 is 13.0. The molecule has 9 nitrogen and oxygen atoms in total. The highest BCUT2D eigenvalue weighted by Crippen LogP contribution is 2.23. The van der Waals surface area contributed by atoms with Crippen molar-refractivity contribution in [1.82, 2.24) is 24.4 Å². The highest BCUT2D eigenvalue weighted by molar-refractivity contribution is 5.78. The molecule has 1 saturated heterocycles. The van der Waals surface area contributed by atoms with Crippen LogP contribution in [0.2, 0.25) is 0 Å². The van der Waals surface area contributed by atoms with Gasteiger partial charge in [0.1, 0.15) is 6.61 Å². The quantitative estimate of drug-likeness (QED) is 0.622. The van der Waals surface area contributed by atoms with Crippen LogP contribution in [0.3, 0.4) is 0 Å². The number of para-hydroxylation sites is 2. The highest BCUT2D eigenvalue weighted by Gasteiger charge is 2.23. The van der Waals surface area contributed by atoms with E-state index in [0.29, 0.717) is 32.3 Å². The fourth-order valence-corrected chi connectivity index (χ4v) is 3.82. The molecule has 1 unspecified atom stereocenters. The van der Waals surface area contributed by atoms with Crippen LogP contribution in [0, 0.1) is 0 Å². The van der Waals surface area contributed by atoms with E-state index in [4.69, 9.17) is 14.5 Å². The first kappa shape index (κ1) is 20.9. The monoisotopic (exact) mass is 424 g/mol. The minimum absolute atomic E-state index is 0.226. The number of benzene rings is 1. The Morgan fingerprint density at radius 1 is 1.16 bits per heavy atom. The van der Waals surface area contributed by atoms with Gasteiger partial charge >= 0.3 is 12.1 Å². The summed E-state index contributed by atoms with van der Waals surface area (Å²) >= 11 is 0. The molecule has 0 spiro atoms. The number of anilines is 1. The molecule has 1 N–H and O–H groups in total. The molecular weight excluding hydrogens is 396 g/mol. The Labute approximate surface area is 181 Å². The molecule has 0 radical (unpaired) electrons. The summed E-state index contributed by atoms with van der Waals surface area (Å²) in [5.74, 6) is 0.813. The fourth-order valence-electron chi connectivity index (χ4n) is 3.82. The second-order valence-corrected chi connectivity index (χ2v) is 7.41. The van der Waals surface area contributed by atoms with E-state index >= 15 is 0 Å².